The van der Waals surface area contributed by atoms with E-state index in [2.05, 4.69) is 25.6 Å². The lowest BCUT2D eigenvalue weighted by Gasteiger charge is -2.25. The average Bonchev–Trinajstić information content (AvgIpc) is 3.41. The van der Waals surface area contributed by atoms with Crippen LogP contribution in [0.5, 0.6) is 0 Å². The molecule has 2 amide bonds. The molecular weight excluding hydrogens is 412 g/mol. The van der Waals surface area contributed by atoms with Gasteiger partial charge >= 0.3 is 5.97 Å². The number of aromatic amines is 2. The van der Waals surface area contributed by atoms with Crippen LogP contribution in [0, 0.1) is 5.92 Å². The Morgan fingerprint density at radius 2 is 1.84 bits per heavy atom. The zero-order valence-corrected chi connectivity index (χ0v) is 18.0. The van der Waals surface area contributed by atoms with Gasteiger partial charge in [0.1, 0.15) is 12.1 Å². The second kappa shape index (κ2) is 10.1. The lowest BCUT2D eigenvalue weighted by Crippen LogP contribution is -2.56. The SMILES string of the molecule is CC(C)C(NC(=O)C(N)Cc1cnc[nH]1)C(=O)NC(Cc1c[nH]c2ccccc12)C(=O)O. The van der Waals surface area contributed by atoms with Gasteiger partial charge < -0.3 is 31.4 Å². The van der Waals surface area contributed by atoms with Crippen molar-refractivity contribution in [1.82, 2.24) is 25.6 Å². The summed E-state index contributed by atoms with van der Waals surface area (Å²) in [6.07, 6.45) is 5.13. The van der Waals surface area contributed by atoms with Crippen LogP contribution in [-0.4, -0.2) is 56.0 Å². The van der Waals surface area contributed by atoms with Crippen molar-refractivity contribution in [2.45, 2.75) is 44.8 Å². The molecule has 0 saturated carbocycles. The number of carbonyl (C=O) groups is 3. The Bertz CT molecular complexity index is 1080. The van der Waals surface area contributed by atoms with Gasteiger partial charge in [0.25, 0.3) is 0 Å². The number of aliphatic carboxylic acids is 1. The third kappa shape index (κ3) is 5.52. The number of nitrogens with zero attached hydrogens (tertiary/aromatic N) is 1. The fourth-order valence-electron chi connectivity index (χ4n) is 3.50. The zero-order valence-electron chi connectivity index (χ0n) is 18.0. The van der Waals surface area contributed by atoms with Crippen LogP contribution in [0.25, 0.3) is 10.9 Å². The minimum absolute atomic E-state index is 0.100. The molecule has 1 aromatic carbocycles. The number of hydrogen-bond donors (Lipinski definition) is 6. The van der Waals surface area contributed by atoms with E-state index in [1.807, 2.05) is 24.3 Å². The van der Waals surface area contributed by atoms with Crippen LogP contribution < -0.4 is 16.4 Å². The minimum Gasteiger partial charge on any atom is -0.480 e. The maximum atomic E-state index is 12.9. The summed E-state index contributed by atoms with van der Waals surface area (Å²) in [6, 6.07) is 4.56. The predicted molar refractivity (Wildman–Crippen MR) is 119 cm³/mol. The molecule has 0 aliphatic heterocycles. The van der Waals surface area contributed by atoms with Gasteiger partial charge in [-0.2, -0.15) is 0 Å². The Labute approximate surface area is 185 Å². The van der Waals surface area contributed by atoms with Gasteiger partial charge in [0.2, 0.25) is 11.8 Å². The zero-order chi connectivity index (χ0) is 23.3. The molecule has 3 atom stereocenters. The average molecular weight is 441 g/mol. The topological polar surface area (TPSA) is 166 Å². The Hall–Kier alpha value is -3.66. The molecule has 7 N–H and O–H groups in total. The van der Waals surface area contributed by atoms with E-state index in [4.69, 9.17) is 5.73 Å². The number of nitrogens with two attached hydrogens (primary N) is 1. The van der Waals surface area contributed by atoms with E-state index in [-0.39, 0.29) is 18.8 Å². The molecule has 10 nitrogen and oxygen atoms in total. The van der Waals surface area contributed by atoms with Crippen LogP contribution >= 0.6 is 0 Å². The fourth-order valence-corrected chi connectivity index (χ4v) is 3.50. The minimum atomic E-state index is -1.16. The van der Waals surface area contributed by atoms with E-state index in [1.165, 1.54) is 6.33 Å². The number of aromatic nitrogens is 3. The molecule has 2 aromatic heterocycles. The van der Waals surface area contributed by atoms with Crippen molar-refractivity contribution in [2.24, 2.45) is 11.7 Å². The number of hydrogen-bond acceptors (Lipinski definition) is 5. The third-order valence-electron chi connectivity index (χ3n) is 5.29. The van der Waals surface area contributed by atoms with E-state index in [0.29, 0.717) is 5.69 Å². The van der Waals surface area contributed by atoms with E-state index in [9.17, 15) is 19.5 Å². The van der Waals surface area contributed by atoms with Gasteiger partial charge in [0.15, 0.2) is 0 Å². The molecule has 3 unspecified atom stereocenters. The first-order chi connectivity index (χ1) is 15.3. The number of carboxylic acids is 1. The number of para-hydroxylation sites is 1. The third-order valence-corrected chi connectivity index (χ3v) is 5.29. The highest BCUT2D eigenvalue weighted by atomic mass is 16.4. The molecule has 170 valence electrons. The lowest BCUT2D eigenvalue weighted by atomic mass is 10.0. The van der Waals surface area contributed by atoms with Crippen molar-refractivity contribution in [2.75, 3.05) is 0 Å². The number of carboxylic acid groups (broad SMARTS) is 1. The summed E-state index contributed by atoms with van der Waals surface area (Å²) < 4.78 is 0. The Morgan fingerprint density at radius 1 is 1.09 bits per heavy atom. The van der Waals surface area contributed by atoms with Crippen LogP contribution in [-0.2, 0) is 27.2 Å². The van der Waals surface area contributed by atoms with Crippen LogP contribution in [0.1, 0.15) is 25.1 Å². The number of nitrogens with one attached hydrogen (secondary N) is 4. The number of carbonyl (C=O) groups excluding carboxylic acids is 2. The molecule has 3 rings (SSSR count). The van der Waals surface area contributed by atoms with Crippen molar-refractivity contribution < 1.29 is 19.5 Å². The fraction of sp³-hybridized carbons (Fsp3) is 0.364. The van der Waals surface area contributed by atoms with Gasteiger partial charge in [-0.05, 0) is 17.5 Å². The van der Waals surface area contributed by atoms with Gasteiger partial charge in [-0.3, -0.25) is 9.59 Å². The molecule has 0 radical (unpaired) electrons. The maximum Gasteiger partial charge on any atom is 0.326 e. The Morgan fingerprint density at radius 3 is 2.50 bits per heavy atom. The quantitative estimate of drug-likeness (QED) is 0.272. The monoisotopic (exact) mass is 440 g/mol. The van der Waals surface area contributed by atoms with Crippen LogP contribution in [0.4, 0.5) is 0 Å². The van der Waals surface area contributed by atoms with Crippen molar-refractivity contribution in [3.8, 4) is 0 Å². The van der Waals surface area contributed by atoms with Crippen LogP contribution in [0.15, 0.2) is 43.0 Å². The molecule has 0 saturated heterocycles. The standard InChI is InChI=1S/C22H28N6O4/c1-12(2)19(28-20(29)16(23)8-14-10-24-11-26-14)21(30)27-18(22(31)32)7-13-9-25-17-6-4-3-5-15(13)17/h3-6,9-12,16,18-19,25H,7-8,23H2,1-2H3,(H,24,26)(H,27,30)(H,28,29)(H,31,32). The summed E-state index contributed by atoms with van der Waals surface area (Å²) in [6.45, 7) is 3.53. The van der Waals surface area contributed by atoms with E-state index >= 15 is 0 Å². The Kier molecular flexibility index (Phi) is 7.26. The highest BCUT2D eigenvalue weighted by Gasteiger charge is 2.30. The van der Waals surface area contributed by atoms with Crippen LogP contribution in [0.3, 0.4) is 0 Å². The number of amides is 2. The number of benzene rings is 1. The summed E-state index contributed by atoms with van der Waals surface area (Å²) in [5.41, 5.74) is 8.32. The highest BCUT2D eigenvalue weighted by Crippen LogP contribution is 2.19. The maximum absolute atomic E-state index is 12.9. The van der Waals surface area contributed by atoms with Crippen molar-refractivity contribution in [1.29, 1.82) is 0 Å². The summed E-state index contributed by atoms with van der Waals surface area (Å²) >= 11 is 0. The second-order valence-electron chi connectivity index (χ2n) is 8.08. The highest BCUT2D eigenvalue weighted by molar-refractivity contribution is 5.92. The van der Waals surface area contributed by atoms with E-state index in [1.54, 1.807) is 26.2 Å². The largest absolute Gasteiger partial charge is 0.480 e. The van der Waals surface area contributed by atoms with Crippen molar-refractivity contribution in [3.63, 3.8) is 0 Å². The van der Waals surface area contributed by atoms with E-state index in [0.717, 1.165) is 16.5 Å². The van der Waals surface area contributed by atoms with Crippen molar-refractivity contribution in [3.05, 3.63) is 54.2 Å². The summed E-state index contributed by atoms with van der Waals surface area (Å²) in [4.78, 5) is 47.2. The van der Waals surface area contributed by atoms with Gasteiger partial charge in [0, 0.05) is 41.8 Å². The molecule has 2 heterocycles. The molecule has 0 spiro atoms. The molecule has 0 bridgehead atoms. The van der Waals surface area contributed by atoms with Crippen LogP contribution in [0.2, 0.25) is 0 Å². The number of fused-ring (bicyclic) bond motifs is 1. The first kappa shape index (κ1) is 23.0. The lowest BCUT2D eigenvalue weighted by molar-refractivity contribution is -0.142. The summed E-state index contributed by atoms with van der Waals surface area (Å²) in [5, 5.41) is 15.8. The molecule has 3 aromatic rings. The molecule has 0 fully saturated rings. The smallest absolute Gasteiger partial charge is 0.326 e. The number of rotatable bonds is 10. The Balaban J connectivity index is 1.67. The molecule has 0 aliphatic carbocycles. The predicted octanol–water partition coefficient (Wildman–Crippen LogP) is 0.714. The second-order valence-corrected chi connectivity index (χ2v) is 8.08. The molecule has 32 heavy (non-hydrogen) atoms. The van der Waals surface area contributed by atoms with Gasteiger partial charge in [-0.15, -0.1) is 0 Å². The molecule has 0 aliphatic rings. The number of imidazole rings is 1. The first-order valence-corrected chi connectivity index (χ1v) is 10.4. The number of H-pyrrole nitrogens is 2. The summed E-state index contributed by atoms with van der Waals surface area (Å²) in [7, 11) is 0. The van der Waals surface area contributed by atoms with Gasteiger partial charge in [0.05, 0.1) is 12.4 Å². The molecular formula is C22H28N6O4. The normalized spacial score (nSPS) is 14.1. The summed E-state index contributed by atoms with van der Waals surface area (Å²) in [5.74, 6) is -2.51. The van der Waals surface area contributed by atoms with E-state index < -0.39 is 35.9 Å². The van der Waals surface area contributed by atoms with Gasteiger partial charge in [-0.25, -0.2) is 9.78 Å². The first-order valence-electron chi connectivity index (χ1n) is 10.4. The van der Waals surface area contributed by atoms with Gasteiger partial charge in [-0.1, -0.05) is 32.0 Å². The molecule has 10 heteroatoms. The van der Waals surface area contributed by atoms with Crippen molar-refractivity contribution >= 4 is 28.7 Å².